The fraction of sp³-hybridized carbons (Fsp3) is 1.00. The Hall–Kier alpha value is -0.170. The summed E-state index contributed by atoms with van der Waals surface area (Å²) in [5.41, 5.74) is 0. The highest BCUT2D eigenvalue weighted by Crippen LogP contribution is 2.28. The fourth-order valence-corrected chi connectivity index (χ4v) is 4.70. The third kappa shape index (κ3) is 3.90. The van der Waals surface area contributed by atoms with Crippen LogP contribution in [0.15, 0.2) is 0 Å². The summed E-state index contributed by atoms with van der Waals surface area (Å²) in [4.78, 5) is 0. The van der Waals surface area contributed by atoms with Gasteiger partial charge in [-0.05, 0) is 44.4 Å². The molecule has 0 bridgehead atoms. The molecule has 1 saturated heterocycles. The zero-order valence-corrected chi connectivity index (χ0v) is 12.5. The highest BCUT2D eigenvalue weighted by molar-refractivity contribution is 7.87. The first-order valence-corrected chi connectivity index (χ1v) is 8.85. The second kappa shape index (κ2) is 6.52. The number of hydrogen-bond donors (Lipinski definition) is 2. The summed E-state index contributed by atoms with van der Waals surface area (Å²) in [7, 11) is -3.35. The van der Waals surface area contributed by atoms with Crippen molar-refractivity contribution in [2.24, 2.45) is 11.8 Å². The maximum Gasteiger partial charge on any atom is 0.279 e. The lowest BCUT2D eigenvalue weighted by Crippen LogP contribution is -2.49. The van der Waals surface area contributed by atoms with Crippen molar-refractivity contribution in [1.29, 1.82) is 0 Å². The lowest BCUT2D eigenvalue weighted by molar-refractivity contribution is 0.169. The maximum atomic E-state index is 12.3. The maximum absolute atomic E-state index is 12.3. The number of hydrogen-bond acceptors (Lipinski definition) is 3. The molecule has 0 aromatic heterocycles. The monoisotopic (exact) mass is 290 g/mol. The molecule has 1 heterocycles. The van der Waals surface area contributed by atoms with E-state index in [0.29, 0.717) is 19.0 Å². The zero-order valence-electron chi connectivity index (χ0n) is 11.7. The number of nitrogens with one attached hydrogen (secondary N) is 1. The zero-order chi connectivity index (χ0) is 13.9. The van der Waals surface area contributed by atoms with Gasteiger partial charge in [-0.25, -0.2) is 0 Å². The van der Waals surface area contributed by atoms with E-state index in [0.717, 1.165) is 25.7 Å². The number of aliphatic hydroxyl groups is 1. The van der Waals surface area contributed by atoms with Crippen LogP contribution >= 0.6 is 0 Å². The number of aliphatic hydroxyl groups excluding tert-OH is 1. The molecule has 2 aliphatic rings. The highest BCUT2D eigenvalue weighted by atomic mass is 32.2. The molecule has 2 rings (SSSR count). The summed E-state index contributed by atoms with van der Waals surface area (Å²) in [6.07, 6.45) is 6.23. The van der Waals surface area contributed by atoms with Crippen molar-refractivity contribution in [1.82, 2.24) is 9.03 Å². The third-order valence-corrected chi connectivity index (χ3v) is 6.33. The molecule has 0 radical (unpaired) electrons. The Morgan fingerprint density at radius 3 is 2.32 bits per heavy atom. The van der Waals surface area contributed by atoms with Crippen molar-refractivity contribution in [3.8, 4) is 0 Å². The van der Waals surface area contributed by atoms with Gasteiger partial charge in [-0.1, -0.05) is 12.8 Å². The second-order valence-electron chi connectivity index (χ2n) is 5.98. The molecule has 2 fully saturated rings. The van der Waals surface area contributed by atoms with E-state index in [2.05, 4.69) is 4.72 Å². The molecular formula is C13H26N2O3S. The van der Waals surface area contributed by atoms with Crippen molar-refractivity contribution in [2.75, 3.05) is 19.7 Å². The fourth-order valence-electron chi connectivity index (χ4n) is 3.20. The SMILES string of the molecule is CC(NS(=O)(=O)N1CCC(CO)CC1)C1CCCC1. The summed E-state index contributed by atoms with van der Waals surface area (Å²) in [5, 5.41) is 9.09. The van der Waals surface area contributed by atoms with Gasteiger partial charge in [0.05, 0.1) is 0 Å². The predicted molar refractivity (Wildman–Crippen MR) is 74.9 cm³/mol. The van der Waals surface area contributed by atoms with Gasteiger partial charge in [-0.3, -0.25) is 0 Å². The van der Waals surface area contributed by atoms with Crippen LogP contribution in [0.25, 0.3) is 0 Å². The van der Waals surface area contributed by atoms with Gasteiger partial charge >= 0.3 is 0 Å². The summed E-state index contributed by atoms with van der Waals surface area (Å²) in [6.45, 7) is 3.20. The van der Waals surface area contributed by atoms with Gasteiger partial charge in [-0.2, -0.15) is 17.4 Å². The van der Waals surface area contributed by atoms with Crippen molar-refractivity contribution in [3.05, 3.63) is 0 Å². The molecule has 6 heteroatoms. The van der Waals surface area contributed by atoms with Crippen LogP contribution in [0.2, 0.25) is 0 Å². The Balaban J connectivity index is 1.87. The van der Waals surface area contributed by atoms with Crippen LogP contribution in [0.4, 0.5) is 0 Å². The first-order chi connectivity index (χ1) is 9.03. The molecule has 5 nitrogen and oxygen atoms in total. The summed E-state index contributed by atoms with van der Waals surface area (Å²) in [5.74, 6) is 0.753. The van der Waals surface area contributed by atoms with Crippen LogP contribution in [-0.2, 0) is 10.2 Å². The standard InChI is InChI=1S/C13H26N2O3S/c1-11(13-4-2-3-5-13)14-19(17,18)15-8-6-12(10-16)7-9-15/h11-14,16H,2-10H2,1H3. The molecule has 2 N–H and O–H groups in total. The van der Waals surface area contributed by atoms with Gasteiger partial charge in [-0.15, -0.1) is 0 Å². The predicted octanol–water partition coefficient (Wildman–Crippen LogP) is 1.10. The highest BCUT2D eigenvalue weighted by Gasteiger charge is 2.31. The van der Waals surface area contributed by atoms with Crippen LogP contribution in [-0.4, -0.2) is 43.6 Å². The molecular weight excluding hydrogens is 264 g/mol. The van der Waals surface area contributed by atoms with Crippen LogP contribution in [0.1, 0.15) is 45.4 Å². The smallest absolute Gasteiger partial charge is 0.279 e. The minimum absolute atomic E-state index is 0.0306. The third-order valence-electron chi connectivity index (χ3n) is 4.61. The lowest BCUT2D eigenvalue weighted by Gasteiger charge is -2.32. The minimum atomic E-state index is -3.35. The number of nitrogens with zero attached hydrogens (tertiary/aromatic N) is 1. The first-order valence-electron chi connectivity index (χ1n) is 7.41. The normalized spacial score (nSPS) is 25.8. The van der Waals surface area contributed by atoms with Gasteiger partial charge in [0.1, 0.15) is 0 Å². The average Bonchev–Trinajstić information content (AvgIpc) is 2.92. The van der Waals surface area contributed by atoms with Crippen LogP contribution in [0.5, 0.6) is 0 Å². The van der Waals surface area contributed by atoms with E-state index >= 15 is 0 Å². The van der Waals surface area contributed by atoms with Gasteiger partial charge in [0.25, 0.3) is 10.2 Å². The van der Waals surface area contributed by atoms with Crippen molar-refractivity contribution >= 4 is 10.2 Å². The van der Waals surface area contributed by atoms with Crippen molar-refractivity contribution in [3.63, 3.8) is 0 Å². The van der Waals surface area contributed by atoms with Gasteiger partial charge in [0.2, 0.25) is 0 Å². The topological polar surface area (TPSA) is 69.6 Å². The van der Waals surface area contributed by atoms with Crippen LogP contribution in [0, 0.1) is 11.8 Å². The van der Waals surface area contributed by atoms with E-state index in [1.54, 1.807) is 0 Å². The molecule has 1 aliphatic heterocycles. The van der Waals surface area contributed by atoms with Crippen molar-refractivity contribution in [2.45, 2.75) is 51.5 Å². The molecule has 19 heavy (non-hydrogen) atoms. The molecule has 0 aromatic rings. The average molecular weight is 290 g/mol. The Kier molecular flexibility index (Phi) is 5.22. The molecule has 1 aliphatic carbocycles. The molecule has 112 valence electrons. The molecule has 0 aromatic carbocycles. The Labute approximate surface area is 116 Å². The van der Waals surface area contributed by atoms with E-state index in [1.807, 2.05) is 6.92 Å². The van der Waals surface area contributed by atoms with E-state index in [4.69, 9.17) is 5.11 Å². The van der Waals surface area contributed by atoms with E-state index in [-0.39, 0.29) is 18.6 Å². The molecule has 0 amide bonds. The Morgan fingerprint density at radius 2 is 1.79 bits per heavy atom. The first kappa shape index (κ1) is 15.2. The van der Waals surface area contributed by atoms with Crippen LogP contribution < -0.4 is 4.72 Å². The Bertz CT molecular complexity index is 371. The second-order valence-corrected chi connectivity index (χ2v) is 7.68. The molecule has 1 saturated carbocycles. The number of rotatable bonds is 5. The molecule has 1 unspecified atom stereocenters. The minimum Gasteiger partial charge on any atom is -0.396 e. The van der Waals surface area contributed by atoms with Gasteiger partial charge < -0.3 is 5.11 Å². The summed E-state index contributed by atoms with van der Waals surface area (Å²) in [6, 6.07) is 0.0306. The van der Waals surface area contributed by atoms with Gasteiger partial charge in [0.15, 0.2) is 0 Å². The Morgan fingerprint density at radius 1 is 1.21 bits per heavy atom. The van der Waals surface area contributed by atoms with Crippen molar-refractivity contribution < 1.29 is 13.5 Å². The summed E-state index contributed by atoms with van der Waals surface area (Å²) >= 11 is 0. The van der Waals surface area contributed by atoms with Crippen LogP contribution in [0.3, 0.4) is 0 Å². The molecule has 0 spiro atoms. The quantitative estimate of drug-likeness (QED) is 0.797. The largest absolute Gasteiger partial charge is 0.396 e. The van der Waals surface area contributed by atoms with E-state index < -0.39 is 10.2 Å². The van der Waals surface area contributed by atoms with Gasteiger partial charge in [0, 0.05) is 25.7 Å². The number of piperidine rings is 1. The summed E-state index contributed by atoms with van der Waals surface area (Å²) < 4.78 is 29.0. The van der Waals surface area contributed by atoms with E-state index in [1.165, 1.54) is 17.1 Å². The lowest BCUT2D eigenvalue weighted by atomic mass is 10.00. The molecule has 1 atom stereocenters. The van der Waals surface area contributed by atoms with E-state index in [9.17, 15) is 8.42 Å².